The number of fused-ring (bicyclic) bond motifs is 2. The number of ketones is 1. The molecule has 24 heteroatoms. The maximum Gasteiger partial charge on any atom is 1.00 e. The number of hydrazone groups is 1. The zero-order valence-electron chi connectivity index (χ0n) is 28.5. The number of rotatable bonds is 9. The molecule has 0 spiro atoms. The molecule has 0 atom stereocenters. The van der Waals surface area contributed by atoms with Gasteiger partial charge in [-0.3, -0.25) is 10.2 Å². The van der Waals surface area contributed by atoms with E-state index in [0.717, 1.165) is 12.1 Å². The van der Waals surface area contributed by atoms with Crippen LogP contribution in [0, 0.1) is 0 Å². The third-order valence-electron chi connectivity index (χ3n) is 7.37. The van der Waals surface area contributed by atoms with Gasteiger partial charge in [0.25, 0.3) is 0 Å². The minimum atomic E-state index is -5.56. The van der Waals surface area contributed by atoms with E-state index in [9.17, 15) is 43.7 Å². The molecule has 1 aliphatic rings. The number of carbonyl (C=O) groups is 1. The van der Waals surface area contributed by atoms with Crippen LogP contribution in [0.2, 0.25) is 5.28 Å². The van der Waals surface area contributed by atoms with Crippen molar-refractivity contribution in [2.75, 3.05) is 22.7 Å². The Balaban J connectivity index is 0.00000261. The summed E-state index contributed by atoms with van der Waals surface area (Å²) in [6.45, 7) is 0. The Kier molecular flexibility index (Phi) is 15.2. The average molecular weight is 838 g/mol. The van der Waals surface area contributed by atoms with Gasteiger partial charge in [-0.1, -0.05) is 48.5 Å². The van der Waals surface area contributed by atoms with Crippen LogP contribution >= 0.6 is 11.6 Å². The molecule has 5 aromatic rings. The summed E-state index contributed by atoms with van der Waals surface area (Å²) < 4.78 is 110. The summed E-state index contributed by atoms with van der Waals surface area (Å²) in [5, 5.41) is 6.36. The van der Waals surface area contributed by atoms with Gasteiger partial charge in [-0.25, -0.2) is 25.3 Å². The van der Waals surface area contributed by atoms with E-state index in [1.165, 1.54) is 29.2 Å². The van der Waals surface area contributed by atoms with E-state index in [0.29, 0.717) is 23.2 Å². The van der Waals surface area contributed by atoms with Gasteiger partial charge < -0.3 is 23.9 Å². The van der Waals surface area contributed by atoms with Crippen LogP contribution in [-0.2, 0) is 30.4 Å². The van der Waals surface area contributed by atoms with Crippen LogP contribution < -0.4 is 104 Å². The Morgan fingerprint density at radius 1 is 0.759 bits per heavy atom. The molecule has 1 heterocycles. The van der Waals surface area contributed by atoms with Gasteiger partial charge in [0.1, 0.15) is 36.1 Å². The number of anilines is 5. The number of carbonyl (C=O) groups excluding carboxylic acids is 1. The third-order valence-corrected chi connectivity index (χ3v) is 10.1. The number of halogens is 1. The SMILES string of the molecule is CN(c1ccccc1)c1nc(Cl)nc(Nc2cc(S(=O)(=O)[O-])cc3c2C(=O)/C(=N/Nc2ccc4ccccc4c2S(=O)(=O)[O-])C(S(=O)(=O)[O-])=C3)n1.[Na+].[Na+].[Na+]. The minimum Gasteiger partial charge on any atom is -0.744 e. The third kappa shape index (κ3) is 9.95. The van der Waals surface area contributed by atoms with Crippen LogP contribution in [0.1, 0.15) is 15.9 Å². The fourth-order valence-corrected chi connectivity index (χ4v) is 7.31. The first-order valence-electron chi connectivity index (χ1n) is 14.1. The second-order valence-corrected chi connectivity index (χ2v) is 15.0. The first kappa shape index (κ1) is 46.0. The van der Waals surface area contributed by atoms with E-state index in [4.69, 9.17) is 11.6 Å². The molecule has 0 radical (unpaired) electrons. The number of para-hydroxylation sites is 1. The summed E-state index contributed by atoms with van der Waals surface area (Å²) in [6.07, 6.45) is 0.611. The van der Waals surface area contributed by atoms with Crippen LogP contribution in [0.25, 0.3) is 16.8 Å². The molecule has 0 saturated carbocycles. The number of hydrogen-bond acceptors (Lipinski definition) is 17. The van der Waals surface area contributed by atoms with E-state index in [-0.39, 0.29) is 111 Å². The molecule has 1 aliphatic carbocycles. The van der Waals surface area contributed by atoms with Crippen molar-refractivity contribution in [3.05, 3.63) is 100 Å². The van der Waals surface area contributed by atoms with E-state index in [1.54, 1.807) is 43.4 Å². The average Bonchev–Trinajstić information content (AvgIpc) is 3.05. The molecule has 0 saturated heterocycles. The van der Waals surface area contributed by atoms with Gasteiger partial charge in [0.2, 0.25) is 23.0 Å². The molecule has 1 aromatic heterocycles. The molecular formula is C30H19ClN7Na3O10S3. The summed E-state index contributed by atoms with van der Waals surface area (Å²) in [7, 11) is -14.4. The van der Waals surface area contributed by atoms with E-state index in [1.807, 2.05) is 0 Å². The molecule has 262 valence electrons. The Morgan fingerprint density at radius 3 is 2.04 bits per heavy atom. The molecule has 2 N–H and O–H groups in total. The van der Waals surface area contributed by atoms with Crippen molar-refractivity contribution >= 4 is 99.3 Å². The smallest absolute Gasteiger partial charge is 0.744 e. The van der Waals surface area contributed by atoms with Gasteiger partial charge in [0.15, 0.2) is 0 Å². The largest absolute Gasteiger partial charge is 1.00 e. The van der Waals surface area contributed by atoms with Gasteiger partial charge in [-0.15, -0.1) is 0 Å². The van der Waals surface area contributed by atoms with Crippen LogP contribution in [0.3, 0.4) is 0 Å². The summed E-state index contributed by atoms with van der Waals surface area (Å²) in [6, 6.07) is 18.6. The quantitative estimate of drug-likeness (QED) is 0.0797. The molecule has 0 bridgehead atoms. The number of Topliss-reactive ketones (excluding diaryl/α,β-unsaturated/α-hetero) is 1. The zero-order valence-corrected chi connectivity index (χ0v) is 37.7. The molecule has 0 fully saturated rings. The Hall–Kier alpha value is -2.35. The van der Waals surface area contributed by atoms with Crippen LogP contribution in [0.15, 0.2) is 98.7 Å². The Morgan fingerprint density at radius 2 is 1.41 bits per heavy atom. The van der Waals surface area contributed by atoms with Crippen molar-refractivity contribution < 1.29 is 132 Å². The molecule has 0 amide bonds. The van der Waals surface area contributed by atoms with E-state index < -0.39 is 79.0 Å². The summed E-state index contributed by atoms with van der Waals surface area (Å²) >= 11 is 6.15. The van der Waals surface area contributed by atoms with Crippen molar-refractivity contribution in [1.29, 1.82) is 0 Å². The molecule has 0 unspecified atom stereocenters. The fraction of sp³-hybridized carbons (Fsp3) is 0.0333. The number of benzene rings is 4. The molecule has 0 aliphatic heterocycles. The maximum atomic E-state index is 14.0. The number of hydrogen-bond donors (Lipinski definition) is 2. The topological polar surface area (TPSA) is 267 Å². The molecular weight excluding hydrogens is 819 g/mol. The number of nitrogens with one attached hydrogen (secondary N) is 2. The van der Waals surface area contributed by atoms with E-state index >= 15 is 0 Å². The standard InChI is InChI=1S/C30H22ClN7O10S3.3Na/c1-38(18-8-3-2-4-9-18)30-34-28(31)33-29(35-30)32-22-15-19(49(40,41)42)13-17-14-23(50(43,44)45)25(26(39)24(17)22)37-36-21-12-11-16-7-5-6-10-20(16)27(21)51(46,47)48;;;/h2-15,36H,1H3,(H,40,41,42)(H,43,44,45)(H,46,47,48)(H,32,33,34,35);;;/q;3*+1/p-3/b37-25+;;;. The van der Waals surface area contributed by atoms with Gasteiger partial charge >= 0.3 is 88.7 Å². The Bertz CT molecular complexity index is 2690. The van der Waals surface area contributed by atoms with Crippen LogP contribution in [0.4, 0.5) is 29.0 Å². The molecule has 6 rings (SSSR count). The van der Waals surface area contributed by atoms with Gasteiger partial charge in [-0.05, 0) is 59.0 Å². The van der Waals surface area contributed by atoms with Crippen molar-refractivity contribution in [2.45, 2.75) is 9.79 Å². The zero-order chi connectivity index (χ0) is 36.9. The summed E-state index contributed by atoms with van der Waals surface area (Å²) in [5.74, 6) is -1.67. The number of allylic oxidation sites excluding steroid dienone is 1. The van der Waals surface area contributed by atoms with Crippen molar-refractivity contribution in [2.24, 2.45) is 5.10 Å². The number of nitrogens with zero attached hydrogens (tertiary/aromatic N) is 5. The summed E-state index contributed by atoms with van der Waals surface area (Å²) in [5.41, 5.74) is -0.142. The van der Waals surface area contributed by atoms with Gasteiger partial charge in [-0.2, -0.15) is 20.1 Å². The minimum absolute atomic E-state index is 0. The van der Waals surface area contributed by atoms with Crippen molar-refractivity contribution in [1.82, 2.24) is 15.0 Å². The fourth-order valence-electron chi connectivity index (χ4n) is 5.13. The number of aromatic nitrogens is 3. The predicted octanol–water partition coefficient (Wildman–Crippen LogP) is -5.44. The predicted molar refractivity (Wildman–Crippen MR) is 182 cm³/mol. The van der Waals surface area contributed by atoms with Crippen molar-refractivity contribution in [3.63, 3.8) is 0 Å². The Labute approximate surface area is 379 Å². The second-order valence-electron chi connectivity index (χ2n) is 10.6. The second kappa shape index (κ2) is 17.8. The van der Waals surface area contributed by atoms with Crippen LogP contribution in [0.5, 0.6) is 0 Å². The first-order chi connectivity index (χ1) is 23.9. The molecule has 17 nitrogen and oxygen atoms in total. The molecule has 54 heavy (non-hydrogen) atoms. The van der Waals surface area contributed by atoms with Crippen molar-refractivity contribution in [3.8, 4) is 0 Å². The summed E-state index contributed by atoms with van der Waals surface area (Å²) in [4.78, 5) is 24.9. The molecule has 4 aromatic carbocycles. The van der Waals surface area contributed by atoms with E-state index in [2.05, 4.69) is 30.8 Å². The normalized spacial score (nSPS) is 13.5. The van der Waals surface area contributed by atoms with Crippen LogP contribution in [-0.4, -0.2) is 72.4 Å². The van der Waals surface area contributed by atoms with Gasteiger partial charge in [0.05, 0.1) is 31.6 Å². The maximum absolute atomic E-state index is 14.0. The first-order valence-corrected chi connectivity index (χ1v) is 18.7. The monoisotopic (exact) mass is 837 g/mol. The van der Waals surface area contributed by atoms with Gasteiger partial charge in [0, 0.05) is 18.1 Å².